The molecular weight excluding hydrogens is 164 g/mol. The third kappa shape index (κ3) is 2.41. The van der Waals surface area contributed by atoms with Crippen LogP contribution in [0.4, 0.5) is 0 Å². The fourth-order valence-electron chi connectivity index (χ4n) is 1.06. The van der Waals surface area contributed by atoms with Crippen molar-refractivity contribution in [1.82, 2.24) is 0 Å². The van der Waals surface area contributed by atoms with E-state index < -0.39 is 0 Å². The zero-order chi connectivity index (χ0) is 9.68. The highest BCUT2D eigenvalue weighted by molar-refractivity contribution is 5.42. The molecule has 0 heterocycles. The molecule has 13 heavy (non-hydrogen) atoms. The first kappa shape index (κ1) is 9.47. The monoisotopic (exact) mass is 176 g/mol. The molecule has 0 radical (unpaired) electrons. The summed E-state index contributed by atoms with van der Waals surface area (Å²) in [6.45, 7) is 2.40. The van der Waals surface area contributed by atoms with Gasteiger partial charge in [-0.25, -0.2) is 0 Å². The molecule has 0 amide bonds. The molecule has 1 rings (SSSR count). The zero-order valence-electron chi connectivity index (χ0n) is 7.58. The van der Waals surface area contributed by atoms with Gasteiger partial charge in [0.1, 0.15) is 0 Å². The number of phenols is 1. The van der Waals surface area contributed by atoms with Crippen LogP contribution in [0.3, 0.4) is 0 Å². The highest BCUT2D eigenvalue weighted by Gasteiger charge is 2.01. The normalized spacial score (nSPS) is 9.23. The van der Waals surface area contributed by atoms with E-state index in [1.807, 2.05) is 6.92 Å². The van der Waals surface area contributed by atoms with Gasteiger partial charge < -0.3 is 9.84 Å². The SMILES string of the molecule is C#CCc1ccc(O)c(OCC)c1. The van der Waals surface area contributed by atoms with Gasteiger partial charge in [0.25, 0.3) is 0 Å². The van der Waals surface area contributed by atoms with Crippen molar-refractivity contribution in [3.05, 3.63) is 23.8 Å². The number of hydrogen-bond donors (Lipinski definition) is 1. The van der Waals surface area contributed by atoms with Gasteiger partial charge in [0.05, 0.1) is 6.61 Å². The van der Waals surface area contributed by atoms with Crippen LogP contribution in [0.2, 0.25) is 0 Å². The number of phenolic OH excluding ortho intramolecular Hbond substituents is 1. The summed E-state index contributed by atoms with van der Waals surface area (Å²) < 4.78 is 5.21. The quantitative estimate of drug-likeness (QED) is 0.713. The van der Waals surface area contributed by atoms with E-state index in [1.165, 1.54) is 0 Å². The maximum Gasteiger partial charge on any atom is 0.161 e. The Balaban J connectivity index is 2.91. The molecule has 0 unspecified atom stereocenters. The summed E-state index contributed by atoms with van der Waals surface area (Å²) in [5.74, 6) is 3.19. The number of terminal acetylenes is 1. The number of benzene rings is 1. The van der Waals surface area contributed by atoms with Crippen molar-refractivity contribution in [2.75, 3.05) is 6.61 Å². The molecule has 0 spiro atoms. The van der Waals surface area contributed by atoms with E-state index in [-0.39, 0.29) is 5.75 Å². The standard InChI is InChI=1S/C11H12O2/c1-3-5-9-6-7-10(12)11(8-9)13-4-2/h1,6-8,12H,4-5H2,2H3. The Bertz CT molecular complexity index is 323. The summed E-state index contributed by atoms with van der Waals surface area (Å²) in [6, 6.07) is 5.15. The molecule has 0 atom stereocenters. The van der Waals surface area contributed by atoms with Crippen LogP contribution in [0.25, 0.3) is 0 Å². The lowest BCUT2D eigenvalue weighted by Gasteiger charge is -2.06. The van der Waals surface area contributed by atoms with Gasteiger partial charge in [-0.2, -0.15) is 0 Å². The highest BCUT2D eigenvalue weighted by atomic mass is 16.5. The summed E-state index contributed by atoms with van der Waals surface area (Å²) in [6.07, 6.45) is 5.73. The van der Waals surface area contributed by atoms with Gasteiger partial charge in [-0.3, -0.25) is 0 Å². The molecule has 0 aliphatic heterocycles. The van der Waals surface area contributed by atoms with Gasteiger partial charge >= 0.3 is 0 Å². The molecule has 2 nitrogen and oxygen atoms in total. The van der Waals surface area contributed by atoms with Crippen LogP contribution >= 0.6 is 0 Å². The first-order valence-corrected chi connectivity index (χ1v) is 4.16. The van der Waals surface area contributed by atoms with Gasteiger partial charge in [-0.05, 0) is 24.6 Å². The van der Waals surface area contributed by atoms with Crippen LogP contribution in [-0.2, 0) is 6.42 Å². The van der Waals surface area contributed by atoms with E-state index in [0.29, 0.717) is 18.8 Å². The fourth-order valence-corrected chi connectivity index (χ4v) is 1.06. The lowest BCUT2D eigenvalue weighted by atomic mass is 10.1. The summed E-state index contributed by atoms with van der Waals surface area (Å²) in [7, 11) is 0. The number of hydrogen-bond acceptors (Lipinski definition) is 2. The second-order valence-corrected chi connectivity index (χ2v) is 2.62. The third-order valence-electron chi connectivity index (χ3n) is 1.63. The fraction of sp³-hybridized carbons (Fsp3) is 0.273. The molecule has 0 fully saturated rings. The summed E-state index contributed by atoms with van der Waals surface area (Å²) in [5.41, 5.74) is 0.976. The zero-order valence-corrected chi connectivity index (χ0v) is 7.58. The van der Waals surface area contributed by atoms with E-state index in [2.05, 4.69) is 5.92 Å². The average Bonchev–Trinajstić information content (AvgIpc) is 2.12. The maximum absolute atomic E-state index is 9.36. The first-order valence-electron chi connectivity index (χ1n) is 4.16. The molecular formula is C11H12O2. The summed E-state index contributed by atoms with van der Waals surface area (Å²) >= 11 is 0. The lowest BCUT2D eigenvalue weighted by Crippen LogP contribution is -1.93. The topological polar surface area (TPSA) is 29.5 Å². The van der Waals surface area contributed by atoms with E-state index >= 15 is 0 Å². The predicted octanol–water partition coefficient (Wildman–Crippen LogP) is 1.97. The van der Waals surface area contributed by atoms with Gasteiger partial charge in [0, 0.05) is 6.42 Å². The molecule has 68 valence electrons. The van der Waals surface area contributed by atoms with Gasteiger partial charge in [-0.15, -0.1) is 12.3 Å². The average molecular weight is 176 g/mol. The molecule has 1 aromatic carbocycles. The van der Waals surface area contributed by atoms with Crippen molar-refractivity contribution in [2.24, 2.45) is 0 Å². The Labute approximate surface area is 78.2 Å². The molecule has 0 aromatic heterocycles. The largest absolute Gasteiger partial charge is 0.504 e. The van der Waals surface area contributed by atoms with Crippen LogP contribution in [0.5, 0.6) is 11.5 Å². The van der Waals surface area contributed by atoms with E-state index in [4.69, 9.17) is 11.2 Å². The Kier molecular flexibility index (Phi) is 3.22. The molecule has 0 aliphatic carbocycles. The Morgan fingerprint density at radius 3 is 2.92 bits per heavy atom. The van der Waals surface area contributed by atoms with Gasteiger partial charge in [0.15, 0.2) is 11.5 Å². The van der Waals surface area contributed by atoms with Crippen molar-refractivity contribution >= 4 is 0 Å². The molecule has 0 saturated heterocycles. The van der Waals surface area contributed by atoms with Crippen molar-refractivity contribution in [3.63, 3.8) is 0 Å². The predicted molar refractivity (Wildman–Crippen MR) is 51.8 cm³/mol. The van der Waals surface area contributed by atoms with E-state index in [0.717, 1.165) is 5.56 Å². The van der Waals surface area contributed by atoms with E-state index in [1.54, 1.807) is 18.2 Å². The van der Waals surface area contributed by atoms with Crippen LogP contribution in [0, 0.1) is 12.3 Å². The minimum atomic E-state index is 0.155. The minimum Gasteiger partial charge on any atom is -0.504 e. The summed E-state index contributed by atoms with van der Waals surface area (Å²) in [4.78, 5) is 0. The smallest absolute Gasteiger partial charge is 0.161 e. The second kappa shape index (κ2) is 4.42. The maximum atomic E-state index is 9.36. The molecule has 0 bridgehead atoms. The summed E-state index contributed by atoms with van der Waals surface area (Å²) in [5, 5.41) is 9.36. The van der Waals surface area contributed by atoms with Gasteiger partial charge in [0.2, 0.25) is 0 Å². The molecule has 0 aliphatic rings. The van der Waals surface area contributed by atoms with Gasteiger partial charge in [-0.1, -0.05) is 6.07 Å². The Morgan fingerprint density at radius 2 is 2.31 bits per heavy atom. The number of aromatic hydroxyl groups is 1. The molecule has 0 saturated carbocycles. The van der Waals surface area contributed by atoms with E-state index in [9.17, 15) is 5.11 Å². The first-order chi connectivity index (χ1) is 6.27. The van der Waals surface area contributed by atoms with Crippen molar-refractivity contribution < 1.29 is 9.84 Å². The number of ether oxygens (including phenoxy) is 1. The molecule has 1 aromatic rings. The minimum absolute atomic E-state index is 0.155. The Morgan fingerprint density at radius 1 is 1.54 bits per heavy atom. The van der Waals surface area contributed by atoms with Crippen LogP contribution in [0.15, 0.2) is 18.2 Å². The van der Waals surface area contributed by atoms with Crippen molar-refractivity contribution in [3.8, 4) is 23.8 Å². The Hall–Kier alpha value is -1.62. The lowest BCUT2D eigenvalue weighted by molar-refractivity contribution is 0.318. The van der Waals surface area contributed by atoms with Crippen molar-refractivity contribution in [1.29, 1.82) is 0 Å². The van der Waals surface area contributed by atoms with Crippen LogP contribution < -0.4 is 4.74 Å². The van der Waals surface area contributed by atoms with Crippen molar-refractivity contribution in [2.45, 2.75) is 13.3 Å². The number of rotatable bonds is 3. The highest BCUT2D eigenvalue weighted by Crippen LogP contribution is 2.26. The van der Waals surface area contributed by atoms with Crippen LogP contribution in [0.1, 0.15) is 12.5 Å². The molecule has 2 heteroatoms. The third-order valence-corrected chi connectivity index (χ3v) is 1.63. The molecule has 1 N–H and O–H groups in total. The second-order valence-electron chi connectivity index (χ2n) is 2.62. The van der Waals surface area contributed by atoms with Crippen LogP contribution in [-0.4, -0.2) is 11.7 Å².